The van der Waals surface area contributed by atoms with Crippen molar-refractivity contribution in [3.05, 3.63) is 0 Å². The fourth-order valence-corrected chi connectivity index (χ4v) is 1.62. The molecule has 100 valence electrons. The van der Waals surface area contributed by atoms with Gasteiger partial charge in [-0.3, -0.25) is 4.79 Å². The number of carboxylic acid groups (broad SMARTS) is 1. The Bertz CT molecular complexity index is 276. The van der Waals surface area contributed by atoms with Crippen LogP contribution in [0.15, 0.2) is 0 Å². The van der Waals surface area contributed by atoms with Crippen molar-refractivity contribution in [2.75, 3.05) is 12.0 Å². The molecule has 0 saturated heterocycles. The quantitative estimate of drug-likeness (QED) is 0.654. The predicted octanol–water partition coefficient (Wildman–Crippen LogP) is 0.682. The van der Waals surface area contributed by atoms with E-state index in [1.165, 1.54) is 0 Å². The SMILES string of the molecule is CSCCC(NC(=O)[C@H](N)C(C)(C)C)C(=O)O. The second-order valence-electron chi connectivity index (χ2n) is 5.02. The molecule has 0 saturated carbocycles. The molecule has 4 N–H and O–H groups in total. The fourth-order valence-electron chi connectivity index (χ4n) is 1.15. The number of nitrogens with one attached hydrogen (secondary N) is 1. The van der Waals surface area contributed by atoms with Gasteiger partial charge in [-0.05, 0) is 23.8 Å². The van der Waals surface area contributed by atoms with Gasteiger partial charge in [0.05, 0.1) is 6.04 Å². The molecular formula is C11H22N2O3S. The van der Waals surface area contributed by atoms with Crippen LogP contribution >= 0.6 is 11.8 Å². The smallest absolute Gasteiger partial charge is 0.326 e. The molecule has 0 aromatic carbocycles. The minimum absolute atomic E-state index is 0.382. The largest absolute Gasteiger partial charge is 0.480 e. The Hall–Kier alpha value is -0.750. The Morgan fingerprint density at radius 3 is 2.29 bits per heavy atom. The lowest BCUT2D eigenvalue weighted by Crippen LogP contribution is -2.53. The first-order valence-corrected chi connectivity index (χ1v) is 6.87. The van der Waals surface area contributed by atoms with Gasteiger partial charge in [-0.15, -0.1) is 0 Å². The number of nitrogens with two attached hydrogens (primary N) is 1. The summed E-state index contributed by atoms with van der Waals surface area (Å²) in [5, 5.41) is 11.4. The molecule has 17 heavy (non-hydrogen) atoms. The van der Waals surface area contributed by atoms with Gasteiger partial charge in [0.25, 0.3) is 0 Å². The lowest BCUT2D eigenvalue weighted by Gasteiger charge is -2.27. The molecule has 0 aliphatic carbocycles. The van der Waals surface area contributed by atoms with Crippen LogP contribution in [0.3, 0.4) is 0 Å². The summed E-state index contributed by atoms with van der Waals surface area (Å²) in [7, 11) is 0. The first-order valence-electron chi connectivity index (χ1n) is 5.48. The normalized spacial score (nSPS) is 15.1. The number of rotatable bonds is 6. The van der Waals surface area contributed by atoms with Gasteiger partial charge in [-0.2, -0.15) is 11.8 Å². The molecule has 5 nitrogen and oxygen atoms in total. The zero-order chi connectivity index (χ0) is 13.6. The van der Waals surface area contributed by atoms with Crippen LogP contribution in [0.25, 0.3) is 0 Å². The molecule has 0 aliphatic rings. The number of hydrogen-bond acceptors (Lipinski definition) is 4. The van der Waals surface area contributed by atoms with Crippen molar-refractivity contribution in [1.82, 2.24) is 5.32 Å². The Morgan fingerprint density at radius 2 is 1.94 bits per heavy atom. The second kappa shape index (κ2) is 6.86. The third kappa shape index (κ3) is 5.93. The van der Waals surface area contributed by atoms with Crippen LogP contribution in [-0.2, 0) is 9.59 Å². The maximum atomic E-state index is 11.8. The van der Waals surface area contributed by atoms with Crippen LogP contribution in [0, 0.1) is 5.41 Å². The lowest BCUT2D eigenvalue weighted by atomic mass is 9.87. The van der Waals surface area contributed by atoms with Gasteiger partial charge in [-0.1, -0.05) is 20.8 Å². The Kier molecular flexibility index (Phi) is 6.56. The van der Waals surface area contributed by atoms with E-state index < -0.39 is 24.0 Å². The predicted molar refractivity (Wildman–Crippen MR) is 70.0 cm³/mol. The summed E-state index contributed by atoms with van der Waals surface area (Å²) in [5.74, 6) is -0.748. The standard InChI is InChI=1S/C11H22N2O3S/c1-11(2,3)8(12)9(14)13-7(10(15)16)5-6-17-4/h7-8H,5-6,12H2,1-4H3,(H,13,14)(H,15,16)/t7?,8-/m0/s1. The van der Waals surface area contributed by atoms with E-state index in [0.717, 1.165) is 0 Å². The van der Waals surface area contributed by atoms with Gasteiger partial charge in [-0.25, -0.2) is 4.79 Å². The summed E-state index contributed by atoms with van der Waals surface area (Å²) in [6, 6.07) is -1.57. The van der Waals surface area contributed by atoms with Crippen LogP contribution in [0.2, 0.25) is 0 Å². The van der Waals surface area contributed by atoms with Gasteiger partial charge < -0.3 is 16.2 Å². The number of carbonyl (C=O) groups excluding carboxylic acids is 1. The Balaban J connectivity index is 4.45. The number of aliphatic carboxylic acids is 1. The van der Waals surface area contributed by atoms with Gasteiger partial charge in [0.15, 0.2) is 0 Å². The van der Waals surface area contributed by atoms with Crippen molar-refractivity contribution in [3.63, 3.8) is 0 Å². The van der Waals surface area contributed by atoms with E-state index in [1.807, 2.05) is 27.0 Å². The molecule has 0 aliphatic heterocycles. The molecule has 0 fully saturated rings. The van der Waals surface area contributed by atoms with E-state index in [1.54, 1.807) is 11.8 Å². The van der Waals surface area contributed by atoms with E-state index in [-0.39, 0.29) is 5.41 Å². The third-order valence-corrected chi connectivity index (χ3v) is 3.08. The highest BCUT2D eigenvalue weighted by atomic mass is 32.2. The Labute approximate surface area is 107 Å². The van der Waals surface area contributed by atoms with Gasteiger partial charge in [0, 0.05) is 0 Å². The zero-order valence-corrected chi connectivity index (χ0v) is 11.6. The highest BCUT2D eigenvalue weighted by Crippen LogP contribution is 2.17. The number of hydrogen-bond donors (Lipinski definition) is 3. The van der Waals surface area contributed by atoms with E-state index in [0.29, 0.717) is 12.2 Å². The van der Waals surface area contributed by atoms with E-state index in [4.69, 9.17) is 10.8 Å². The molecule has 0 aromatic rings. The highest BCUT2D eigenvalue weighted by molar-refractivity contribution is 7.98. The number of amides is 1. The van der Waals surface area contributed by atoms with Crippen molar-refractivity contribution < 1.29 is 14.7 Å². The minimum Gasteiger partial charge on any atom is -0.480 e. The fraction of sp³-hybridized carbons (Fsp3) is 0.818. The summed E-state index contributed by atoms with van der Waals surface area (Å²) in [5.41, 5.74) is 5.38. The minimum atomic E-state index is -1.02. The third-order valence-electron chi connectivity index (χ3n) is 2.44. The molecule has 0 aromatic heterocycles. The van der Waals surface area contributed by atoms with Gasteiger partial charge in [0.1, 0.15) is 6.04 Å². The average Bonchev–Trinajstić information content (AvgIpc) is 2.20. The van der Waals surface area contributed by atoms with Crippen molar-refractivity contribution in [1.29, 1.82) is 0 Å². The molecule has 0 rings (SSSR count). The summed E-state index contributed by atoms with van der Waals surface area (Å²) in [6.45, 7) is 5.53. The molecule has 0 spiro atoms. The van der Waals surface area contributed by atoms with Crippen LogP contribution in [0.5, 0.6) is 0 Å². The lowest BCUT2D eigenvalue weighted by molar-refractivity contribution is -0.142. The van der Waals surface area contributed by atoms with Crippen LogP contribution < -0.4 is 11.1 Å². The molecule has 1 unspecified atom stereocenters. The number of thioether (sulfide) groups is 1. The molecule has 0 heterocycles. The van der Waals surface area contributed by atoms with Crippen molar-refractivity contribution in [3.8, 4) is 0 Å². The maximum Gasteiger partial charge on any atom is 0.326 e. The second-order valence-corrected chi connectivity index (χ2v) is 6.01. The zero-order valence-electron chi connectivity index (χ0n) is 10.8. The molecule has 0 bridgehead atoms. The number of carboxylic acids is 1. The Morgan fingerprint density at radius 1 is 1.41 bits per heavy atom. The highest BCUT2D eigenvalue weighted by Gasteiger charge is 2.30. The first kappa shape index (κ1) is 16.2. The van der Waals surface area contributed by atoms with Crippen LogP contribution in [-0.4, -0.2) is 41.1 Å². The van der Waals surface area contributed by atoms with Crippen molar-refractivity contribution >= 4 is 23.6 Å². The van der Waals surface area contributed by atoms with E-state index >= 15 is 0 Å². The van der Waals surface area contributed by atoms with E-state index in [2.05, 4.69) is 5.32 Å². The molecule has 0 radical (unpaired) electrons. The molecular weight excluding hydrogens is 240 g/mol. The van der Waals surface area contributed by atoms with Crippen molar-refractivity contribution in [2.45, 2.75) is 39.3 Å². The van der Waals surface area contributed by atoms with Crippen LogP contribution in [0.1, 0.15) is 27.2 Å². The first-order chi connectivity index (χ1) is 7.70. The van der Waals surface area contributed by atoms with E-state index in [9.17, 15) is 9.59 Å². The summed E-state index contributed by atoms with van der Waals surface area (Å²) in [4.78, 5) is 22.7. The molecule has 1 amide bonds. The monoisotopic (exact) mass is 262 g/mol. The summed E-state index contributed by atoms with van der Waals surface area (Å²) in [6.07, 6.45) is 2.29. The number of carbonyl (C=O) groups is 2. The van der Waals surface area contributed by atoms with Crippen molar-refractivity contribution in [2.24, 2.45) is 11.1 Å². The van der Waals surface area contributed by atoms with Crippen LogP contribution in [0.4, 0.5) is 0 Å². The molecule has 2 atom stereocenters. The van der Waals surface area contributed by atoms with Gasteiger partial charge >= 0.3 is 5.97 Å². The molecule has 6 heteroatoms. The van der Waals surface area contributed by atoms with Gasteiger partial charge in [0.2, 0.25) is 5.91 Å². The maximum absolute atomic E-state index is 11.8. The summed E-state index contributed by atoms with van der Waals surface area (Å²) < 4.78 is 0. The average molecular weight is 262 g/mol. The topological polar surface area (TPSA) is 92.4 Å². The summed E-state index contributed by atoms with van der Waals surface area (Å²) >= 11 is 1.54.